The van der Waals surface area contributed by atoms with Crippen molar-refractivity contribution in [3.05, 3.63) is 59.4 Å². The number of rotatable bonds is 7. The lowest BCUT2D eigenvalue weighted by molar-refractivity contribution is -0.120. The highest BCUT2D eigenvalue weighted by Gasteiger charge is 2.22. The predicted octanol–water partition coefficient (Wildman–Crippen LogP) is 3.17. The molecule has 2 aromatic rings. The molecule has 150 valence electrons. The van der Waals surface area contributed by atoms with E-state index in [2.05, 4.69) is 17.1 Å². The fourth-order valence-electron chi connectivity index (χ4n) is 3.35. The van der Waals surface area contributed by atoms with Gasteiger partial charge in [-0.3, -0.25) is 9.69 Å². The number of ether oxygens (including phenoxy) is 2. The van der Waals surface area contributed by atoms with E-state index < -0.39 is 0 Å². The molecule has 0 aliphatic carbocycles. The van der Waals surface area contributed by atoms with Crippen LogP contribution in [0.2, 0.25) is 0 Å². The zero-order valence-electron chi connectivity index (χ0n) is 16.4. The number of carbonyl (C=O) groups excluding carboxylic acids is 1. The summed E-state index contributed by atoms with van der Waals surface area (Å²) in [6.07, 6.45) is 1.05. The van der Waals surface area contributed by atoms with Crippen LogP contribution < -0.4 is 14.8 Å². The molecular formula is C22H27FN2O3. The van der Waals surface area contributed by atoms with Gasteiger partial charge in [-0.2, -0.15) is 0 Å². The standard InChI is InChI=1S/C22H27FN2O3/c1-3-18-15-25(14-17-12-19(27-2)8-9-21(17)28-18)11-10-24-22(26)13-16-6-4-5-7-20(16)23/h4-9,12,18H,3,10-11,13-15H2,1-2H3,(H,24,26)/t18-/m0/s1. The van der Waals surface area contributed by atoms with Gasteiger partial charge in [0.15, 0.2) is 0 Å². The molecule has 3 rings (SSSR count). The van der Waals surface area contributed by atoms with Crippen LogP contribution in [0.1, 0.15) is 24.5 Å². The molecule has 0 bridgehead atoms. The quantitative estimate of drug-likeness (QED) is 0.794. The second kappa shape index (κ2) is 9.55. The van der Waals surface area contributed by atoms with E-state index in [1.165, 1.54) is 6.07 Å². The smallest absolute Gasteiger partial charge is 0.224 e. The maximum Gasteiger partial charge on any atom is 0.224 e. The van der Waals surface area contributed by atoms with E-state index in [1.54, 1.807) is 25.3 Å². The minimum Gasteiger partial charge on any atom is -0.497 e. The Balaban J connectivity index is 1.57. The number of nitrogens with one attached hydrogen (secondary N) is 1. The summed E-state index contributed by atoms with van der Waals surface area (Å²) in [6, 6.07) is 12.2. The van der Waals surface area contributed by atoms with Gasteiger partial charge in [0.2, 0.25) is 5.91 Å². The van der Waals surface area contributed by atoms with Crippen molar-refractivity contribution in [2.75, 3.05) is 26.7 Å². The van der Waals surface area contributed by atoms with Gasteiger partial charge in [0.05, 0.1) is 13.5 Å². The monoisotopic (exact) mass is 386 g/mol. The Morgan fingerprint density at radius 2 is 2.14 bits per heavy atom. The third-order valence-corrected chi connectivity index (χ3v) is 4.93. The zero-order valence-corrected chi connectivity index (χ0v) is 16.4. The van der Waals surface area contributed by atoms with Gasteiger partial charge in [0.1, 0.15) is 23.4 Å². The largest absolute Gasteiger partial charge is 0.497 e. The fraction of sp³-hybridized carbons (Fsp3) is 0.409. The minimum absolute atomic E-state index is 0.0490. The second-order valence-corrected chi connectivity index (χ2v) is 6.98. The Hall–Kier alpha value is -2.60. The number of benzene rings is 2. The Morgan fingerprint density at radius 3 is 2.89 bits per heavy atom. The normalized spacial score (nSPS) is 16.6. The van der Waals surface area contributed by atoms with Crippen molar-refractivity contribution in [1.29, 1.82) is 0 Å². The molecule has 0 spiro atoms. The van der Waals surface area contributed by atoms with Crippen LogP contribution in [0.3, 0.4) is 0 Å². The lowest BCUT2D eigenvalue weighted by atomic mass is 10.1. The fourth-order valence-corrected chi connectivity index (χ4v) is 3.35. The third kappa shape index (κ3) is 5.23. The van der Waals surface area contributed by atoms with E-state index >= 15 is 0 Å². The first-order valence-electron chi connectivity index (χ1n) is 9.65. The lowest BCUT2D eigenvalue weighted by Crippen LogP contribution is -2.38. The second-order valence-electron chi connectivity index (χ2n) is 6.98. The van der Waals surface area contributed by atoms with Crippen LogP contribution in [0.4, 0.5) is 4.39 Å². The molecule has 0 saturated carbocycles. The Labute approximate surface area is 165 Å². The summed E-state index contributed by atoms with van der Waals surface area (Å²) in [5, 5.41) is 2.89. The molecule has 1 aliphatic heterocycles. The number of hydrogen-bond donors (Lipinski definition) is 1. The first kappa shape index (κ1) is 20.1. The van der Waals surface area contributed by atoms with Crippen LogP contribution in [-0.4, -0.2) is 43.7 Å². The maximum atomic E-state index is 13.7. The third-order valence-electron chi connectivity index (χ3n) is 4.93. The van der Waals surface area contributed by atoms with Gasteiger partial charge in [0, 0.05) is 31.7 Å². The summed E-state index contributed by atoms with van der Waals surface area (Å²) in [4.78, 5) is 14.4. The molecule has 0 fully saturated rings. The summed E-state index contributed by atoms with van der Waals surface area (Å²) in [5.41, 5.74) is 1.49. The molecule has 1 aliphatic rings. The molecule has 0 saturated heterocycles. The summed E-state index contributed by atoms with van der Waals surface area (Å²) in [6.45, 7) is 4.82. The van der Waals surface area contributed by atoms with Crippen molar-refractivity contribution < 1.29 is 18.7 Å². The number of hydrogen-bond acceptors (Lipinski definition) is 4. The van der Waals surface area contributed by atoms with E-state index in [0.29, 0.717) is 18.7 Å². The van der Waals surface area contributed by atoms with Crippen molar-refractivity contribution in [2.24, 2.45) is 0 Å². The number of nitrogens with zero attached hydrogens (tertiary/aromatic N) is 1. The van der Waals surface area contributed by atoms with E-state index in [1.807, 2.05) is 18.2 Å². The van der Waals surface area contributed by atoms with E-state index in [-0.39, 0.29) is 24.2 Å². The van der Waals surface area contributed by atoms with Gasteiger partial charge in [-0.25, -0.2) is 4.39 Å². The highest BCUT2D eigenvalue weighted by Crippen LogP contribution is 2.29. The van der Waals surface area contributed by atoms with Crippen molar-refractivity contribution in [3.63, 3.8) is 0 Å². The van der Waals surface area contributed by atoms with Crippen LogP contribution in [0.5, 0.6) is 11.5 Å². The predicted molar refractivity (Wildman–Crippen MR) is 106 cm³/mol. The van der Waals surface area contributed by atoms with Crippen LogP contribution in [0, 0.1) is 5.82 Å². The molecule has 1 heterocycles. The Morgan fingerprint density at radius 1 is 1.32 bits per heavy atom. The summed E-state index contributed by atoms with van der Waals surface area (Å²) >= 11 is 0. The highest BCUT2D eigenvalue weighted by molar-refractivity contribution is 5.78. The average Bonchev–Trinajstić information content (AvgIpc) is 2.87. The minimum atomic E-state index is -0.348. The molecule has 0 unspecified atom stereocenters. The van der Waals surface area contributed by atoms with Crippen LogP contribution in [-0.2, 0) is 17.8 Å². The lowest BCUT2D eigenvalue weighted by Gasteiger charge is -2.23. The molecule has 5 nitrogen and oxygen atoms in total. The molecule has 1 amide bonds. The molecule has 28 heavy (non-hydrogen) atoms. The maximum absolute atomic E-state index is 13.7. The van der Waals surface area contributed by atoms with E-state index in [9.17, 15) is 9.18 Å². The summed E-state index contributed by atoms with van der Waals surface area (Å²) in [5.74, 6) is 1.16. The van der Waals surface area contributed by atoms with Crippen molar-refractivity contribution in [3.8, 4) is 11.5 Å². The van der Waals surface area contributed by atoms with Gasteiger partial charge < -0.3 is 14.8 Å². The Bertz CT molecular complexity index is 812. The molecule has 0 radical (unpaired) electrons. The number of methoxy groups -OCH3 is 1. The first-order valence-corrected chi connectivity index (χ1v) is 9.65. The number of carbonyl (C=O) groups is 1. The van der Waals surface area contributed by atoms with Crippen molar-refractivity contribution in [2.45, 2.75) is 32.4 Å². The summed E-state index contributed by atoms with van der Waals surface area (Å²) in [7, 11) is 1.65. The van der Waals surface area contributed by atoms with Gasteiger partial charge in [-0.1, -0.05) is 25.1 Å². The first-order chi connectivity index (χ1) is 13.6. The van der Waals surface area contributed by atoms with Gasteiger partial charge in [-0.05, 0) is 36.2 Å². The van der Waals surface area contributed by atoms with E-state index in [4.69, 9.17) is 9.47 Å². The topological polar surface area (TPSA) is 50.8 Å². The van der Waals surface area contributed by atoms with E-state index in [0.717, 1.165) is 36.6 Å². The SMILES string of the molecule is CC[C@H]1CN(CCNC(=O)Cc2ccccc2F)Cc2cc(OC)ccc2O1. The van der Waals surface area contributed by atoms with Gasteiger partial charge in [0.25, 0.3) is 0 Å². The molecule has 0 aromatic heterocycles. The number of halogens is 1. The van der Waals surface area contributed by atoms with Crippen molar-refractivity contribution >= 4 is 5.91 Å². The Kier molecular flexibility index (Phi) is 6.87. The molecule has 2 aromatic carbocycles. The number of fused-ring (bicyclic) bond motifs is 1. The zero-order chi connectivity index (χ0) is 19.9. The van der Waals surface area contributed by atoms with Crippen LogP contribution in [0.15, 0.2) is 42.5 Å². The van der Waals surface area contributed by atoms with Gasteiger partial charge in [-0.15, -0.1) is 0 Å². The number of amides is 1. The molecule has 1 atom stereocenters. The van der Waals surface area contributed by atoms with Crippen LogP contribution >= 0.6 is 0 Å². The summed E-state index contributed by atoms with van der Waals surface area (Å²) < 4.78 is 25.1. The molecule has 1 N–H and O–H groups in total. The molecular weight excluding hydrogens is 359 g/mol. The van der Waals surface area contributed by atoms with Crippen molar-refractivity contribution in [1.82, 2.24) is 10.2 Å². The molecule has 6 heteroatoms. The highest BCUT2D eigenvalue weighted by atomic mass is 19.1. The average molecular weight is 386 g/mol. The van der Waals surface area contributed by atoms with Crippen LogP contribution in [0.25, 0.3) is 0 Å². The van der Waals surface area contributed by atoms with Gasteiger partial charge >= 0.3 is 0 Å².